The summed E-state index contributed by atoms with van der Waals surface area (Å²) < 4.78 is 5.77. The number of pyridine rings is 4. The largest absolute Gasteiger partial charge is 0.477 e. The van der Waals surface area contributed by atoms with Crippen molar-refractivity contribution in [3.05, 3.63) is 91.6 Å². The molecular weight excluding hydrogens is 566 g/mol. The standard InChI is InChI=1S/C16H15ClN2O2.C12H5Cl3N2/c1-2-3-8-21-16-14-12-9-10(17)4-5-11(12)15(20)19-13(14)6-7-18-16;13-6-1-2-7-8(5-6)10-9(17-11(7)14)3-4-16-12(10)15/h4-7,9H,2-3,8H2,1H3,(H,19,20);1-5H. The molecule has 0 saturated carbocycles. The predicted octanol–water partition coefficient (Wildman–Crippen LogP) is 8.65. The van der Waals surface area contributed by atoms with Gasteiger partial charge in [0.25, 0.3) is 5.56 Å². The van der Waals surface area contributed by atoms with Gasteiger partial charge in [-0.1, -0.05) is 59.7 Å². The van der Waals surface area contributed by atoms with Gasteiger partial charge >= 0.3 is 0 Å². The van der Waals surface area contributed by atoms with Crippen molar-refractivity contribution in [1.82, 2.24) is 19.9 Å². The molecule has 1 N–H and O–H groups in total. The first-order valence-electron chi connectivity index (χ1n) is 11.8. The fourth-order valence-corrected chi connectivity index (χ4v) is 5.03. The highest BCUT2D eigenvalue weighted by Gasteiger charge is 2.12. The van der Waals surface area contributed by atoms with Crippen molar-refractivity contribution in [3.8, 4) is 5.88 Å². The minimum atomic E-state index is -0.139. The van der Waals surface area contributed by atoms with Crippen molar-refractivity contribution in [1.29, 1.82) is 0 Å². The molecule has 0 atom stereocenters. The molecule has 38 heavy (non-hydrogen) atoms. The summed E-state index contributed by atoms with van der Waals surface area (Å²) in [5.41, 5.74) is 1.28. The van der Waals surface area contributed by atoms with Crippen LogP contribution in [0, 0.1) is 0 Å². The van der Waals surface area contributed by atoms with E-state index in [0.29, 0.717) is 49.3 Å². The molecule has 0 amide bonds. The average Bonchev–Trinajstić information content (AvgIpc) is 2.89. The van der Waals surface area contributed by atoms with Gasteiger partial charge in [-0.15, -0.1) is 0 Å². The van der Waals surface area contributed by atoms with Crippen LogP contribution in [-0.4, -0.2) is 26.5 Å². The van der Waals surface area contributed by atoms with Crippen LogP contribution >= 0.6 is 46.4 Å². The number of nitrogens with one attached hydrogen (secondary N) is 1. The van der Waals surface area contributed by atoms with Crippen LogP contribution < -0.4 is 10.3 Å². The van der Waals surface area contributed by atoms with E-state index in [1.54, 1.807) is 48.8 Å². The molecule has 10 heteroatoms. The average molecular weight is 586 g/mol. The summed E-state index contributed by atoms with van der Waals surface area (Å²) in [6, 6.07) is 14.2. The van der Waals surface area contributed by atoms with Gasteiger partial charge in [-0.25, -0.2) is 15.0 Å². The molecule has 4 heterocycles. The van der Waals surface area contributed by atoms with Crippen molar-refractivity contribution < 1.29 is 4.74 Å². The topological polar surface area (TPSA) is 80.8 Å². The highest BCUT2D eigenvalue weighted by Crippen LogP contribution is 2.34. The summed E-state index contributed by atoms with van der Waals surface area (Å²) in [5.74, 6) is 0.532. The molecule has 0 spiro atoms. The van der Waals surface area contributed by atoms with Gasteiger partial charge in [0.05, 0.1) is 23.0 Å². The maximum absolute atomic E-state index is 12.1. The molecule has 0 aliphatic heterocycles. The Morgan fingerprint density at radius 1 is 0.789 bits per heavy atom. The van der Waals surface area contributed by atoms with Gasteiger partial charge in [-0.05, 0) is 60.3 Å². The van der Waals surface area contributed by atoms with Gasteiger partial charge in [0.15, 0.2) is 0 Å². The second kappa shape index (κ2) is 11.3. The summed E-state index contributed by atoms with van der Waals surface area (Å²) in [6.45, 7) is 2.70. The van der Waals surface area contributed by atoms with E-state index in [1.807, 2.05) is 12.1 Å². The quantitative estimate of drug-likeness (QED) is 0.127. The number of hydrogen-bond acceptors (Lipinski definition) is 5. The van der Waals surface area contributed by atoms with Crippen LogP contribution in [0.2, 0.25) is 20.4 Å². The van der Waals surface area contributed by atoms with E-state index in [4.69, 9.17) is 51.1 Å². The SMILES string of the molecule is CCCCOc1nccc2[nH]c(=O)c3ccc(Cl)cc3c12.Clc1ccc2c(Cl)nc3ccnc(Cl)c3c2c1. The highest BCUT2D eigenvalue weighted by atomic mass is 35.5. The molecule has 0 aliphatic carbocycles. The lowest BCUT2D eigenvalue weighted by molar-refractivity contribution is 0.302. The van der Waals surface area contributed by atoms with Gasteiger partial charge in [0.1, 0.15) is 10.3 Å². The number of aromatic nitrogens is 4. The Morgan fingerprint density at radius 2 is 1.47 bits per heavy atom. The van der Waals surface area contributed by atoms with Crippen LogP contribution in [-0.2, 0) is 0 Å². The number of aromatic amines is 1. The van der Waals surface area contributed by atoms with Gasteiger partial charge in [0.2, 0.25) is 5.88 Å². The maximum atomic E-state index is 12.1. The highest BCUT2D eigenvalue weighted by molar-refractivity contribution is 6.40. The van der Waals surface area contributed by atoms with Crippen molar-refractivity contribution >= 4 is 89.8 Å². The fraction of sp³-hybridized carbons (Fsp3) is 0.143. The summed E-state index contributed by atoms with van der Waals surface area (Å²) in [7, 11) is 0. The van der Waals surface area contributed by atoms with E-state index in [1.165, 1.54) is 0 Å². The summed E-state index contributed by atoms with van der Waals surface area (Å²) >= 11 is 24.3. The van der Waals surface area contributed by atoms with Gasteiger partial charge in [-0.3, -0.25) is 4.79 Å². The Labute approximate surface area is 237 Å². The minimum Gasteiger partial charge on any atom is -0.477 e. The molecule has 0 saturated heterocycles. The molecule has 0 bridgehead atoms. The molecule has 6 nitrogen and oxygen atoms in total. The second-order valence-corrected chi connectivity index (χ2v) is 10.1. The Hall–Kier alpha value is -3.16. The Morgan fingerprint density at radius 3 is 2.21 bits per heavy atom. The molecule has 0 fully saturated rings. The number of ether oxygens (including phenoxy) is 1. The fourth-order valence-electron chi connectivity index (χ4n) is 4.18. The van der Waals surface area contributed by atoms with E-state index < -0.39 is 0 Å². The predicted molar refractivity (Wildman–Crippen MR) is 157 cm³/mol. The maximum Gasteiger partial charge on any atom is 0.256 e. The summed E-state index contributed by atoms with van der Waals surface area (Å²) in [6.07, 6.45) is 5.24. The van der Waals surface area contributed by atoms with E-state index in [0.717, 1.165) is 39.8 Å². The van der Waals surface area contributed by atoms with Crippen LogP contribution in [0.4, 0.5) is 0 Å². The summed E-state index contributed by atoms with van der Waals surface area (Å²) in [5, 5.41) is 6.65. The van der Waals surface area contributed by atoms with E-state index in [2.05, 4.69) is 26.9 Å². The molecule has 0 unspecified atom stereocenters. The number of nitrogens with zero attached hydrogens (tertiary/aromatic N) is 3. The molecule has 4 aromatic heterocycles. The number of benzene rings is 2. The summed E-state index contributed by atoms with van der Waals surface area (Å²) in [4.78, 5) is 27.6. The number of halogens is 4. The zero-order valence-corrected chi connectivity index (χ0v) is 23.1. The minimum absolute atomic E-state index is 0.139. The molecule has 192 valence electrons. The van der Waals surface area contributed by atoms with Crippen molar-refractivity contribution in [2.45, 2.75) is 19.8 Å². The smallest absolute Gasteiger partial charge is 0.256 e. The Balaban J connectivity index is 0.000000158. The lowest BCUT2D eigenvalue weighted by Gasteiger charge is -2.10. The van der Waals surface area contributed by atoms with Crippen molar-refractivity contribution in [3.63, 3.8) is 0 Å². The lowest BCUT2D eigenvalue weighted by atomic mass is 10.1. The van der Waals surface area contributed by atoms with Crippen LogP contribution in [0.5, 0.6) is 5.88 Å². The van der Waals surface area contributed by atoms with E-state index in [-0.39, 0.29) is 5.56 Å². The number of rotatable bonds is 4. The Kier molecular flexibility index (Phi) is 7.86. The first kappa shape index (κ1) is 26.4. The Bertz CT molecular complexity index is 1870. The third kappa shape index (κ3) is 5.22. The molecule has 6 aromatic rings. The van der Waals surface area contributed by atoms with Crippen LogP contribution in [0.25, 0.3) is 43.4 Å². The molecule has 6 rings (SSSR count). The monoisotopic (exact) mass is 584 g/mol. The molecule has 0 radical (unpaired) electrons. The number of H-pyrrole nitrogens is 1. The van der Waals surface area contributed by atoms with Crippen LogP contribution in [0.1, 0.15) is 19.8 Å². The van der Waals surface area contributed by atoms with E-state index >= 15 is 0 Å². The van der Waals surface area contributed by atoms with Gasteiger partial charge in [0, 0.05) is 44.0 Å². The molecule has 2 aromatic carbocycles. The normalized spacial score (nSPS) is 11.2. The number of hydrogen-bond donors (Lipinski definition) is 1. The van der Waals surface area contributed by atoms with Crippen molar-refractivity contribution in [2.24, 2.45) is 0 Å². The number of unbranched alkanes of at least 4 members (excludes halogenated alkanes) is 1. The molecule has 0 aliphatic rings. The third-order valence-electron chi connectivity index (χ3n) is 5.97. The first-order valence-corrected chi connectivity index (χ1v) is 13.3. The number of fused-ring (bicyclic) bond motifs is 6. The molecular formula is C28H20Cl4N4O2. The lowest BCUT2D eigenvalue weighted by Crippen LogP contribution is -2.08. The van der Waals surface area contributed by atoms with Crippen LogP contribution in [0.15, 0.2) is 65.7 Å². The van der Waals surface area contributed by atoms with Gasteiger partial charge < -0.3 is 9.72 Å². The second-order valence-electron chi connectivity index (χ2n) is 8.47. The van der Waals surface area contributed by atoms with Crippen molar-refractivity contribution in [2.75, 3.05) is 6.61 Å². The van der Waals surface area contributed by atoms with Crippen LogP contribution in [0.3, 0.4) is 0 Å². The zero-order chi connectivity index (χ0) is 26.8. The van der Waals surface area contributed by atoms with Gasteiger partial charge in [-0.2, -0.15) is 0 Å². The van der Waals surface area contributed by atoms with E-state index in [9.17, 15) is 4.79 Å². The zero-order valence-electron chi connectivity index (χ0n) is 20.1. The third-order valence-corrected chi connectivity index (χ3v) is 7.02. The first-order chi connectivity index (χ1) is 18.4.